The highest BCUT2D eigenvalue weighted by Crippen LogP contribution is 2.30. The molecular formula is C21H18N4O3S. The fourth-order valence-corrected chi connectivity index (χ4v) is 4.06. The first-order valence-electron chi connectivity index (χ1n) is 9.01. The first kappa shape index (κ1) is 18.9. The van der Waals surface area contributed by atoms with Crippen LogP contribution in [0.25, 0.3) is 34.3 Å². The lowest BCUT2D eigenvalue weighted by Crippen LogP contribution is -2.15. The van der Waals surface area contributed by atoms with Gasteiger partial charge in [-0.2, -0.15) is 0 Å². The Bertz CT molecular complexity index is 1250. The van der Waals surface area contributed by atoms with E-state index >= 15 is 0 Å². The summed E-state index contributed by atoms with van der Waals surface area (Å²) in [7, 11) is -3.48. The maximum Gasteiger partial charge on any atom is 0.268 e. The van der Waals surface area contributed by atoms with Gasteiger partial charge in [0.05, 0.1) is 28.2 Å². The summed E-state index contributed by atoms with van der Waals surface area (Å²) in [5, 5.41) is 7.57. The predicted molar refractivity (Wildman–Crippen MR) is 109 cm³/mol. The van der Waals surface area contributed by atoms with Gasteiger partial charge in [0, 0.05) is 11.1 Å². The summed E-state index contributed by atoms with van der Waals surface area (Å²) in [5.41, 5.74) is 2.07. The van der Waals surface area contributed by atoms with Gasteiger partial charge in [-0.3, -0.25) is 4.98 Å². The summed E-state index contributed by atoms with van der Waals surface area (Å²) in [5.74, 6) is 0.581. The van der Waals surface area contributed by atoms with Gasteiger partial charge in [-0.25, -0.2) is 13.4 Å². The molecule has 2 heterocycles. The number of sulfone groups is 1. The molecule has 0 aliphatic heterocycles. The van der Waals surface area contributed by atoms with Gasteiger partial charge < -0.3 is 4.42 Å². The van der Waals surface area contributed by atoms with Crippen molar-refractivity contribution < 1.29 is 12.8 Å². The second-order valence-electron chi connectivity index (χ2n) is 6.66. The van der Waals surface area contributed by atoms with E-state index in [9.17, 15) is 8.42 Å². The van der Waals surface area contributed by atoms with Crippen LogP contribution in [-0.2, 0) is 9.84 Å². The molecule has 0 amide bonds. The van der Waals surface area contributed by atoms with Crippen molar-refractivity contribution in [1.29, 1.82) is 0 Å². The molecule has 4 rings (SSSR count). The van der Waals surface area contributed by atoms with Crippen LogP contribution in [0.4, 0.5) is 0 Å². The molecule has 0 aliphatic carbocycles. The second-order valence-corrected chi connectivity index (χ2v) is 9.13. The number of hydrogen-bond donors (Lipinski definition) is 0. The second kappa shape index (κ2) is 7.56. The molecule has 0 fully saturated rings. The molecule has 29 heavy (non-hydrogen) atoms. The number of aromatic nitrogens is 4. The summed E-state index contributed by atoms with van der Waals surface area (Å²) < 4.78 is 31.2. The van der Waals surface area contributed by atoms with E-state index in [0.717, 1.165) is 5.56 Å². The van der Waals surface area contributed by atoms with Crippen molar-refractivity contribution in [1.82, 2.24) is 20.2 Å². The van der Waals surface area contributed by atoms with E-state index < -0.39 is 15.1 Å². The van der Waals surface area contributed by atoms with Gasteiger partial charge in [0.15, 0.2) is 9.84 Å². The van der Waals surface area contributed by atoms with Crippen molar-refractivity contribution >= 4 is 9.84 Å². The van der Waals surface area contributed by atoms with E-state index in [1.165, 1.54) is 12.4 Å². The Balaban J connectivity index is 1.76. The van der Waals surface area contributed by atoms with Crippen molar-refractivity contribution in [3.8, 4) is 34.3 Å². The molecule has 0 unspecified atom stereocenters. The molecule has 0 atom stereocenters. The van der Waals surface area contributed by atoms with E-state index in [1.54, 1.807) is 38.1 Å². The largest absolute Gasteiger partial charge is 0.415 e. The summed E-state index contributed by atoms with van der Waals surface area (Å²) >= 11 is 0. The Morgan fingerprint density at radius 1 is 0.828 bits per heavy atom. The van der Waals surface area contributed by atoms with Gasteiger partial charge in [-0.1, -0.05) is 36.4 Å². The minimum absolute atomic E-state index is 0.211. The summed E-state index contributed by atoms with van der Waals surface area (Å²) in [6, 6.07) is 16.2. The van der Waals surface area contributed by atoms with Crippen LogP contribution in [-0.4, -0.2) is 33.8 Å². The lowest BCUT2D eigenvalue weighted by molar-refractivity contribution is 0.582. The van der Waals surface area contributed by atoms with Crippen molar-refractivity contribution in [2.24, 2.45) is 0 Å². The average Bonchev–Trinajstić information content (AvgIpc) is 3.25. The van der Waals surface area contributed by atoms with Crippen molar-refractivity contribution in [2.45, 2.75) is 24.0 Å². The molecule has 2 aromatic carbocycles. The Hall–Kier alpha value is -3.39. The third-order valence-corrected chi connectivity index (χ3v) is 6.60. The maximum atomic E-state index is 12.8. The van der Waals surface area contributed by atoms with E-state index in [0.29, 0.717) is 22.8 Å². The number of benzene rings is 2. The molecule has 0 radical (unpaired) electrons. The molecule has 4 aromatic rings. The van der Waals surface area contributed by atoms with E-state index in [1.807, 2.05) is 30.3 Å². The van der Waals surface area contributed by atoms with Crippen LogP contribution in [0.15, 0.2) is 76.3 Å². The summed E-state index contributed by atoms with van der Waals surface area (Å²) in [6.45, 7) is 3.30. The zero-order chi connectivity index (χ0) is 20.4. The van der Waals surface area contributed by atoms with Crippen molar-refractivity contribution in [2.75, 3.05) is 0 Å². The molecule has 0 saturated carbocycles. The van der Waals surface area contributed by atoms with Crippen LogP contribution in [0.3, 0.4) is 0 Å². The van der Waals surface area contributed by atoms with Crippen LogP contribution < -0.4 is 0 Å². The van der Waals surface area contributed by atoms with Crippen molar-refractivity contribution in [3.05, 3.63) is 67.0 Å². The lowest BCUT2D eigenvalue weighted by atomic mass is 10.1. The minimum atomic E-state index is -3.48. The Morgan fingerprint density at radius 3 is 2.24 bits per heavy atom. The van der Waals surface area contributed by atoms with E-state index in [2.05, 4.69) is 20.2 Å². The topological polar surface area (TPSA) is 98.8 Å². The fourth-order valence-electron chi connectivity index (χ4n) is 2.80. The highest BCUT2D eigenvalue weighted by Gasteiger charge is 2.24. The normalized spacial score (nSPS) is 11.7. The van der Waals surface area contributed by atoms with Crippen LogP contribution in [0.5, 0.6) is 0 Å². The quantitative estimate of drug-likeness (QED) is 0.493. The van der Waals surface area contributed by atoms with Crippen molar-refractivity contribution in [3.63, 3.8) is 0 Å². The first-order chi connectivity index (χ1) is 14.0. The Morgan fingerprint density at radius 2 is 1.48 bits per heavy atom. The van der Waals surface area contributed by atoms with Gasteiger partial charge >= 0.3 is 0 Å². The molecule has 146 valence electrons. The van der Waals surface area contributed by atoms with Crippen LogP contribution in [0, 0.1) is 0 Å². The maximum absolute atomic E-state index is 12.8. The Labute approximate surface area is 168 Å². The number of nitrogens with zero attached hydrogens (tertiary/aromatic N) is 4. The molecule has 0 bridgehead atoms. The van der Waals surface area contributed by atoms with Gasteiger partial charge in [-0.05, 0) is 32.0 Å². The smallest absolute Gasteiger partial charge is 0.268 e. The third kappa shape index (κ3) is 3.66. The molecular weight excluding hydrogens is 388 g/mol. The predicted octanol–water partition coefficient (Wildman–Crippen LogP) is 4.04. The molecule has 0 saturated heterocycles. The average molecular weight is 406 g/mol. The highest BCUT2D eigenvalue weighted by atomic mass is 32.2. The SMILES string of the molecule is CC(C)S(=O)(=O)c1ccccc1-c1cncc(-c2nnc(-c3ccccc3)o2)n1. The van der Waals surface area contributed by atoms with Crippen LogP contribution >= 0.6 is 0 Å². The number of rotatable bonds is 5. The molecule has 7 nitrogen and oxygen atoms in total. The van der Waals surface area contributed by atoms with Gasteiger partial charge in [0.1, 0.15) is 5.69 Å². The van der Waals surface area contributed by atoms with Crippen LogP contribution in [0.2, 0.25) is 0 Å². The molecule has 2 aromatic heterocycles. The van der Waals surface area contributed by atoms with E-state index in [-0.39, 0.29) is 10.8 Å². The zero-order valence-electron chi connectivity index (χ0n) is 15.9. The monoisotopic (exact) mass is 406 g/mol. The lowest BCUT2D eigenvalue weighted by Gasteiger charge is -2.12. The van der Waals surface area contributed by atoms with Gasteiger partial charge in [-0.15, -0.1) is 10.2 Å². The highest BCUT2D eigenvalue weighted by molar-refractivity contribution is 7.92. The third-order valence-electron chi connectivity index (χ3n) is 4.39. The fraction of sp³-hybridized carbons (Fsp3) is 0.143. The molecule has 0 N–H and O–H groups in total. The zero-order valence-corrected chi connectivity index (χ0v) is 16.7. The summed E-state index contributed by atoms with van der Waals surface area (Å²) in [4.78, 5) is 8.95. The van der Waals surface area contributed by atoms with E-state index in [4.69, 9.17) is 4.42 Å². The number of hydrogen-bond acceptors (Lipinski definition) is 7. The molecule has 0 spiro atoms. The van der Waals surface area contributed by atoms with Gasteiger partial charge in [0.2, 0.25) is 5.89 Å². The molecule has 0 aliphatic rings. The Kier molecular flexibility index (Phi) is 4.94. The first-order valence-corrected chi connectivity index (χ1v) is 10.6. The standard InChI is InChI=1S/C21H18N4O3S/c1-14(2)29(26,27)19-11-7-6-10-16(19)17-12-22-13-18(23-17)21-25-24-20(28-21)15-8-4-3-5-9-15/h3-14H,1-2H3. The minimum Gasteiger partial charge on any atom is -0.415 e. The van der Waals surface area contributed by atoms with Gasteiger partial charge in [0.25, 0.3) is 5.89 Å². The van der Waals surface area contributed by atoms with Crippen LogP contribution in [0.1, 0.15) is 13.8 Å². The summed E-state index contributed by atoms with van der Waals surface area (Å²) in [6.07, 6.45) is 3.03. The molecule has 8 heteroatoms.